The fraction of sp³-hybridized carbons (Fsp3) is 0.364. The maximum atomic E-state index is 12.4. The molecule has 1 saturated heterocycles. The molecular formula is C22H21N5O2. The van der Waals surface area contributed by atoms with Crippen LogP contribution in [-0.4, -0.2) is 37.1 Å². The Kier molecular flexibility index (Phi) is 3.47. The van der Waals surface area contributed by atoms with Crippen molar-refractivity contribution >= 4 is 23.1 Å². The van der Waals surface area contributed by atoms with Gasteiger partial charge in [-0.3, -0.25) is 4.79 Å². The molecule has 3 aromatic rings. The number of carboxylic acids is 1. The molecular weight excluding hydrogens is 366 g/mol. The second-order valence-electron chi connectivity index (χ2n) is 8.30. The van der Waals surface area contributed by atoms with Gasteiger partial charge in [-0.1, -0.05) is 12.1 Å². The molecule has 3 aliphatic rings. The summed E-state index contributed by atoms with van der Waals surface area (Å²) in [5.41, 5.74) is 2.47. The van der Waals surface area contributed by atoms with E-state index in [1.165, 1.54) is 0 Å². The molecule has 1 aromatic carbocycles. The van der Waals surface area contributed by atoms with Gasteiger partial charge in [0.05, 0.1) is 22.4 Å². The van der Waals surface area contributed by atoms with Gasteiger partial charge in [0, 0.05) is 25.0 Å². The minimum atomic E-state index is -0.748. The summed E-state index contributed by atoms with van der Waals surface area (Å²) in [7, 11) is 0. The van der Waals surface area contributed by atoms with Crippen LogP contribution < -0.4 is 5.32 Å². The van der Waals surface area contributed by atoms with E-state index in [0.29, 0.717) is 12.4 Å². The first kappa shape index (κ1) is 16.9. The number of aliphatic carboxylic acids is 1. The lowest BCUT2D eigenvalue weighted by Crippen LogP contribution is -2.54. The third kappa shape index (κ3) is 2.22. The van der Waals surface area contributed by atoms with Gasteiger partial charge in [0.2, 0.25) is 0 Å². The average molecular weight is 387 g/mol. The normalized spacial score (nSPS) is 30.0. The lowest BCUT2D eigenvalue weighted by molar-refractivity contribution is -0.147. The summed E-state index contributed by atoms with van der Waals surface area (Å²) in [5, 5.41) is 13.8. The monoisotopic (exact) mass is 387 g/mol. The van der Waals surface area contributed by atoms with Gasteiger partial charge in [-0.15, -0.1) is 0 Å². The van der Waals surface area contributed by atoms with Gasteiger partial charge in [-0.2, -0.15) is 0 Å². The van der Waals surface area contributed by atoms with E-state index in [4.69, 9.17) is 0 Å². The SMILES string of the molecule is O=C(O)C1C2CCC1(c1ncccn1)C(c1ccc3nc4n(c3c1)CC=C4)NC2. The number of fused-ring (bicyclic) bond motifs is 5. The molecule has 1 saturated carbocycles. The number of hydrogen-bond donors (Lipinski definition) is 2. The third-order valence-corrected chi connectivity index (χ3v) is 6.99. The molecule has 4 heterocycles. The Hall–Kier alpha value is -3.06. The molecule has 2 fully saturated rings. The zero-order chi connectivity index (χ0) is 19.6. The number of carboxylic acid groups (broad SMARTS) is 1. The van der Waals surface area contributed by atoms with E-state index >= 15 is 0 Å². The molecule has 4 unspecified atom stereocenters. The molecule has 0 spiro atoms. The number of aromatic nitrogens is 4. The van der Waals surface area contributed by atoms with Crippen LogP contribution >= 0.6 is 0 Å². The van der Waals surface area contributed by atoms with Crippen molar-refractivity contribution in [2.24, 2.45) is 11.8 Å². The molecule has 146 valence electrons. The van der Waals surface area contributed by atoms with Crippen LogP contribution in [-0.2, 0) is 16.8 Å². The van der Waals surface area contributed by atoms with Crippen molar-refractivity contribution in [3.63, 3.8) is 0 Å². The molecule has 0 radical (unpaired) electrons. The van der Waals surface area contributed by atoms with E-state index in [1.807, 2.05) is 12.1 Å². The summed E-state index contributed by atoms with van der Waals surface area (Å²) in [6, 6.07) is 7.91. The number of nitrogens with one attached hydrogen (secondary N) is 1. The number of imidazole rings is 1. The van der Waals surface area contributed by atoms with Crippen LogP contribution in [0, 0.1) is 11.8 Å². The fourth-order valence-corrected chi connectivity index (χ4v) is 5.84. The highest BCUT2D eigenvalue weighted by molar-refractivity contribution is 5.80. The van der Waals surface area contributed by atoms with Crippen LogP contribution in [0.25, 0.3) is 17.1 Å². The Morgan fingerprint density at radius 2 is 2.14 bits per heavy atom. The van der Waals surface area contributed by atoms with Crippen LogP contribution in [0.5, 0.6) is 0 Å². The molecule has 1 aliphatic carbocycles. The maximum absolute atomic E-state index is 12.4. The smallest absolute Gasteiger partial charge is 0.307 e. The summed E-state index contributed by atoms with van der Waals surface area (Å²) >= 11 is 0. The third-order valence-electron chi connectivity index (χ3n) is 6.99. The lowest BCUT2D eigenvalue weighted by Gasteiger charge is -2.45. The molecule has 7 nitrogen and oxygen atoms in total. The van der Waals surface area contributed by atoms with E-state index in [2.05, 4.69) is 43.0 Å². The highest BCUT2D eigenvalue weighted by atomic mass is 16.4. The molecule has 2 N–H and O–H groups in total. The molecule has 6 rings (SSSR count). The van der Waals surface area contributed by atoms with Gasteiger partial charge in [0.15, 0.2) is 0 Å². The molecule has 7 heteroatoms. The summed E-state index contributed by atoms with van der Waals surface area (Å²) in [4.78, 5) is 26.2. The number of piperidine rings is 1. The quantitative estimate of drug-likeness (QED) is 0.717. The maximum Gasteiger partial charge on any atom is 0.307 e. The van der Waals surface area contributed by atoms with Crippen molar-refractivity contribution in [3.05, 3.63) is 59.9 Å². The van der Waals surface area contributed by atoms with Crippen molar-refractivity contribution in [1.29, 1.82) is 0 Å². The van der Waals surface area contributed by atoms with Crippen LogP contribution in [0.2, 0.25) is 0 Å². The van der Waals surface area contributed by atoms with Gasteiger partial charge in [0.25, 0.3) is 0 Å². The van der Waals surface area contributed by atoms with E-state index in [0.717, 1.165) is 41.8 Å². The molecule has 2 aromatic heterocycles. The van der Waals surface area contributed by atoms with E-state index in [9.17, 15) is 9.90 Å². The summed E-state index contributed by atoms with van der Waals surface area (Å²) in [6.45, 7) is 1.51. The Bertz CT molecular complexity index is 1150. The molecule has 4 atom stereocenters. The van der Waals surface area contributed by atoms with E-state index in [1.54, 1.807) is 18.5 Å². The van der Waals surface area contributed by atoms with Crippen molar-refractivity contribution in [2.75, 3.05) is 6.54 Å². The molecule has 29 heavy (non-hydrogen) atoms. The highest BCUT2D eigenvalue weighted by Gasteiger charge is 2.61. The summed E-state index contributed by atoms with van der Waals surface area (Å²) in [5.74, 6) is 0.456. The van der Waals surface area contributed by atoms with Crippen LogP contribution in [0.3, 0.4) is 0 Å². The minimum Gasteiger partial charge on any atom is -0.481 e. The lowest BCUT2D eigenvalue weighted by atomic mass is 9.65. The van der Waals surface area contributed by atoms with Gasteiger partial charge in [0.1, 0.15) is 11.6 Å². The standard InChI is InChI=1S/C22H21N5O2/c28-20(29)18-14-6-7-22(18,21-23-8-2-9-24-21)19(25-12-14)13-4-5-15-16(11-13)27-10-1-3-17(27)26-15/h1-5,8-9,11,14,18-19,25H,6-7,10,12H2,(H,28,29). The Morgan fingerprint density at radius 1 is 1.28 bits per heavy atom. The van der Waals surface area contributed by atoms with Gasteiger partial charge in [-0.25, -0.2) is 15.0 Å². The average Bonchev–Trinajstić information content (AvgIpc) is 3.40. The van der Waals surface area contributed by atoms with Crippen molar-refractivity contribution in [3.8, 4) is 0 Å². The largest absolute Gasteiger partial charge is 0.481 e. The minimum absolute atomic E-state index is 0.0969. The molecule has 2 bridgehead atoms. The highest BCUT2D eigenvalue weighted by Crippen LogP contribution is 2.57. The number of hydrogen-bond acceptors (Lipinski definition) is 5. The number of benzene rings is 1. The Labute approximate surface area is 167 Å². The first-order chi connectivity index (χ1) is 14.2. The van der Waals surface area contributed by atoms with Crippen LogP contribution in [0.4, 0.5) is 0 Å². The number of rotatable bonds is 3. The topological polar surface area (TPSA) is 92.9 Å². The number of carbonyl (C=O) groups is 1. The zero-order valence-corrected chi connectivity index (χ0v) is 15.8. The van der Waals surface area contributed by atoms with Crippen LogP contribution in [0.15, 0.2) is 42.7 Å². The molecule has 2 aliphatic heterocycles. The second kappa shape index (κ2) is 5.97. The number of allylic oxidation sites excluding steroid dienone is 1. The molecule has 0 amide bonds. The predicted molar refractivity (Wildman–Crippen MR) is 107 cm³/mol. The van der Waals surface area contributed by atoms with Crippen molar-refractivity contribution in [2.45, 2.75) is 30.8 Å². The predicted octanol–water partition coefficient (Wildman–Crippen LogP) is 2.55. The van der Waals surface area contributed by atoms with Crippen molar-refractivity contribution in [1.82, 2.24) is 24.8 Å². The van der Waals surface area contributed by atoms with E-state index in [-0.39, 0.29) is 12.0 Å². The zero-order valence-electron chi connectivity index (χ0n) is 15.8. The summed E-state index contributed by atoms with van der Waals surface area (Å²) < 4.78 is 2.19. The van der Waals surface area contributed by atoms with Crippen molar-refractivity contribution < 1.29 is 9.90 Å². The van der Waals surface area contributed by atoms with Gasteiger partial charge < -0.3 is 15.0 Å². The Balaban J connectivity index is 1.54. The summed E-state index contributed by atoms with van der Waals surface area (Å²) in [6.07, 6.45) is 9.21. The first-order valence-electron chi connectivity index (χ1n) is 10.1. The van der Waals surface area contributed by atoms with Gasteiger partial charge >= 0.3 is 5.97 Å². The Morgan fingerprint density at radius 3 is 2.97 bits per heavy atom. The number of nitrogens with zero attached hydrogens (tertiary/aromatic N) is 4. The second-order valence-corrected chi connectivity index (χ2v) is 8.30. The van der Waals surface area contributed by atoms with E-state index < -0.39 is 17.3 Å². The fourth-order valence-electron chi connectivity index (χ4n) is 5.84. The first-order valence-corrected chi connectivity index (χ1v) is 10.1. The van der Waals surface area contributed by atoms with Crippen LogP contribution in [0.1, 0.15) is 36.1 Å². The van der Waals surface area contributed by atoms with Gasteiger partial charge in [-0.05, 0) is 55.1 Å².